The van der Waals surface area contributed by atoms with Gasteiger partial charge in [-0.25, -0.2) is 14.4 Å². The number of carbonyl (C=O) groups is 3. The summed E-state index contributed by atoms with van der Waals surface area (Å²) < 4.78 is 5.40. The lowest BCUT2D eigenvalue weighted by Gasteiger charge is -2.40. The zero-order valence-corrected chi connectivity index (χ0v) is 20.2. The summed E-state index contributed by atoms with van der Waals surface area (Å²) in [7, 11) is 0. The van der Waals surface area contributed by atoms with Crippen LogP contribution in [-0.2, 0) is 9.53 Å². The highest BCUT2D eigenvalue weighted by atomic mass is 35.5. The maximum absolute atomic E-state index is 13.1. The third-order valence-corrected chi connectivity index (χ3v) is 6.17. The number of hydrogen-bond donors (Lipinski definition) is 2. The first-order valence-electron chi connectivity index (χ1n) is 11.4. The molecule has 0 bridgehead atoms. The van der Waals surface area contributed by atoms with E-state index < -0.39 is 12.0 Å². The number of carbonyl (C=O) groups excluding carboxylic acids is 3. The molecule has 2 N–H and O–H groups in total. The molecule has 0 saturated carbocycles. The number of halogens is 1. The summed E-state index contributed by atoms with van der Waals surface area (Å²) in [5.74, 6) is -0.475. The van der Waals surface area contributed by atoms with Crippen molar-refractivity contribution in [2.45, 2.75) is 26.8 Å². The number of amides is 4. The molecule has 0 spiro atoms. The third kappa shape index (κ3) is 5.59. The Morgan fingerprint density at radius 3 is 2.45 bits per heavy atom. The second-order valence-electron chi connectivity index (χ2n) is 7.83. The summed E-state index contributed by atoms with van der Waals surface area (Å²) in [6.07, 6.45) is 0. The van der Waals surface area contributed by atoms with E-state index in [1.807, 2.05) is 19.9 Å². The number of esters is 1. The van der Waals surface area contributed by atoms with Crippen molar-refractivity contribution < 1.29 is 19.1 Å². The summed E-state index contributed by atoms with van der Waals surface area (Å²) in [5.41, 5.74) is 1.64. The molecule has 1 aromatic rings. The van der Waals surface area contributed by atoms with Crippen molar-refractivity contribution in [3.05, 3.63) is 46.1 Å². The number of piperazine rings is 1. The number of hydrogen-bond acceptors (Lipinski definition) is 5. The Morgan fingerprint density at radius 2 is 1.85 bits per heavy atom. The highest BCUT2D eigenvalue weighted by molar-refractivity contribution is 6.31. The van der Waals surface area contributed by atoms with Gasteiger partial charge < -0.3 is 20.3 Å². The smallest absolute Gasteiger partial charge is 0.338 e. The van der Waals surface area contributed by atoms with E-state index >= 15 is 0 Å². The lowest BCUT2D eigenvalue weighted by Crippen LogP contribution is -2.55. The van der Waals surface area contributed by atoms with Crippen molar-refractivity contribution in [1.82, 2.24) is 25.3 Å². The monoisotopic (exact) mass is 477 g/mol. The molecule has 2 aliphatic rings. The molecule has 1 aromatic carbocycles. The molecule has 0 aromatic heterocycles. The summed E-state index contributed by atoms with van der Waals surface area (Å²) in [6, 6.07) is 6.09. The van der Waals surface area contributed by atoms with Gasteiger partial charge >= 0.3 is 18.0 Å². The number of rotatable bonds is 7. The van der Waals surface area contributed by atoms with E-state index in [-0.39, 0.29) is 18.7 Å². The number of urea groups is 2. The van der Waals surface area contributed by atoms with Crippen LogP contribution in [0.2, 0.25) is 5.02 Å². The van der Waals surface area contributed by atoms with E-state index in [0.717, 1.165) is 0 Å². The molecule has 180 valence electrons. The topological polar surface area (TPSA) is 94.2 Å². The Kier molecular flexibility index (Phi) is 8.57. The second-order valence-corrected chi connectivity index (χ2v) is 8.23. The molecule has 1 fully saturated rings. The molecule has 33 heavy (non-hydrogen) atoms. The van der Waals surface area contributed by atoms with Crippen LogP contribution in [0.15, 0.2) is 35.5 Å². The van der Waals surface area contributed by atoms with Crippen molar-refractivity contribution in [3.8, 4) is 0 Å². The number of ether oxygens (including phenoxy) is 1. The van der Waals surface area contributed by atoms with Gasteiger partial charge in [0.1, 0.15) is 0 Å². The van der Waals surface area contributed by atoms with Crippen molar-refractivity contribution in [1.29, 1.82) is 0 Å². The van der Waals surface area contributed by atoms with E-state index in [1.165, 1.54) is 0 Å². The molecule has 2 aliphatic heterocycles. The first-order valence-corrected chi connectivity index (χ1v) is 11.8. The van der Waals surface area contributed by atoms with Gasteiger partial charge in [0, 0.05) is 56.5 Å². The fourth-order valence-electron chi connectivity index (χ4n) is 4.18. The number of nitrogens with zero attached hydrogens (tertiary/aromatic N) is 3. The highest BCUT2D eigenvalue weighted by Crippen LogP contribution is 2.35. The average Bonchev–Trinajstić information content (AvgIpc) is 2.80. The molecule has 9 nitrogen and oxygen atoms in total. The lowest BCUT2D eigenvalue weighted by atomic mass is 9.94. The minimum Gasteiger partial charge on any atom is -0.463 e. The molecule has 3 rings (SSSR count). The van der Waals surface area contributed by atoms with Gasteiger partial charge in [-0.3, -0.25) is 9.80 Å². The molecule has 1 saturated heterocycles. The molecule has 0 radical (unpaired) electrons. The zero-order chi connectivity index (χ0) is 24.0. The Labute approximate surface area is 199 Å². The number of likely N-dealkylation sites (N-methyl/N-ethyl adjacent to an activating group) is 1. The van der Waals surface area contributed by atoms with Crippen molar-refractivity contribution in [3.63, 3.8) is 0 Å². The van der Waals surface area contributed by atoms with Crippen LogP contribution in [0.5, 0.6) is 0 Å². The standard InChI is InChI=1S/C23H32ClN5O4/c1-4-25-22(31)28-13-11-27(12-14-28)15-18-19(21(30)33-6-3)20(26-23(32)29(18)5-2)16-9-7-8-10-17(16)24/h7-10,20H,4-6,11-15H2,1-3H3,(H,25,31)(H,26,32). The summed E-state index contributed by atoms with van der Waals surface area (Å²) >= 11 is 6.44. The second kappa shape index (κ2) is 11.4. The summed E-state index contributed by atoms with van der Waals surface area (Å²) in [4.78, 5) is 43.8. The third-order valence-electron chi connectivity index (χ3n) is 5.83. The molecule has 1 unspecified atom stereocenters. The number of nitrogens with one attached hydrogen (secondary N) is 2. The van der Waals surface area contributed by atoms with E-state index in [9.17, 15) is 14.4 Å². The van der Waals surface area contributed by atoms with Crippen LogP contribution < -0.4 is 10.6 Å². The van der Waals surface area contributed by atoms with Gasteiger partial charge in [0.2, 0.25) is 0 Å². The lowest BCUT2D eigenvalue weighted by molar-refractivity contribution is -0.139. The van der Waals surface area contributed by atoms with Gasteiger partial charge in [0.25, 0.3) is 0 Å². The van der Waals surface area contributed by atoms with Crippen molar-refractivity contribution in [2.24, 2.45) is 0 Å². The van der Waals surface area contributed by atoms with Crippen LogP contribution in [0, 0.1) is 0 Å². The zero-order valence-electron chi connectivity index (χ0n) is 19.4. The van der Waals surface area contributed by atoms with Gasteiger partial charge in [0.05, 0.1) is 18.2 Å². The fourth-order valence-corrected chi connectivity index (χ4v) is 4.43. The van der Waals surface area contributed by atoms with Crippen molar-refractivity contribution >= 4 is 29.6 Å². The van der Waals surface area contributed by atoms with E-state index in [0.29, 0.717) is 67.7 Å². The van der Waals surface area contributed by atoms with E-state index in [2.05, 4.69) is 15.5 Å². The van der Waals surface area contributed by atoms with Gasteiger partial charge in [-0.1, -0.05) is 29.8 Å². The molecule has 10 heteroatoms. The predicted molar refractivity (Wildman–Crippen MR) is 126 cm³/mol. The maximum Gasteiger partial charge on any atom is 0.338 e. The largest absolute Gasteiger partial charge is 0.463 e. The average molecular weight is 478 g/mol. The molecule has 4 amide bonds. The number of benzene rings is 1. The predicted octanol–water partition coefficient (Wildman–Crippen LogP) is 2.59. The maximum atomic E-state index is 13.1. The molecule has 1 atom stereocenters. The Morgan fingerprint density at radius 1 is 1.15 bits per heavy atom. The van der Waals surface area contributed by atoms with Crippen LogP contribution in [-0.4, -0.2) is 85.2 Å². The van der Waals surface area contributed by atoms with Gasteiger partial charge in [-0.05, 0) is 32.4 Å². The minimum absolute atomic E-state index is 0.0745. The normalized spacial score (nSPS) is 19.4. The summed E-state index contributed by atoms with van der Waals surface area (Å²) in [6.45, 7) is 9.50. The molecular formula is C23H32ClN5O4. The van der Waals surface area contributed by atoms with Crippen LogP contribution in [0.25, 0.3) is 0 Å². The Bertz CT molecular complexity index is 914. The quantitative estimate of drug-likeness (QED) is 0.589. The van der Waals surface area contributed by atoms with Gasteiger partial charge in [-0.15, -0.1) is 0 Å². The van der Waals surface area contributed by atoms with Gasteiger partial charge in [0.15, 0.2) is 0 Å². The fraction of sp³-hybridized carbons (Fsp3) is 0.522. The minimum atomic E-state index is -0.709. The van der Waals surface area contributed by atoms with Crippen LogP contribution in [0.4, 0.5) is 9.59 Å². The summed E-state index contributed by atoms with van der Waals surface area (Å²) in [5, 5.41) is 6.22. The first-order chi connectivity index (χ1) is 15.9. The molecular weight excluding hydrogens is 446 g/mol. The Hall–Kier alpha value is -2.78. The molecule has 2 heterocycles. The van der Waals surface area contributed by atoms with Crippen LogP contribution >= 0.6 is 11.6 Å². The van der Waals surface area contributed by atoms with Crippen LogP contribution in [0.3, 0.4) is 0 Å². The van der Waals surface area contributed by atoms with Crippen LogP contribution in [0.1, 0.15) is 32.4 Å². The van der Waals surface area contributed by atoms with E-state index in [4.69, 9.17) is 16.3 Å². The van der Waals surface area contributed by atoms with Crippen molar-refractivity contribution in [2.75, 3.05) is 52.4 Å². The SMILES string of the molecule is CCNC(=O)N1CCN(CC2=C(C(=O)OCC)C(c3ccccc3Cl)NC(=O)N2CC)CC1. The highest BCUT2D eigenvalue weighted by Gasteiger charge is 2.39. The Balaban J connectivity index is 1.94. The van der Waals surface area contributed by atoms with Gasteiger partial charge in [-0.2, -0.15) is 0 Å². The van der Waals surface area contributed by atoms with E-state index in [1.54, 1.807) is 34.9 Å². The molecule has 0 aliphatic carbocycles. The first kappa shape index (κ1) is 24.9.